The quantitative estimate of drug-likeness (QED) is 0.219. The first kappa shape index (κ1) is 22.9. The number of halogens is 1. The predicted molar refractivity (Wildman–Crippen MR) is 138 cm³/mol. The number of nitrogens with one attached hydrogen (secondary N) is 1. The van der Waals surface area contributed by atoms with Gasteiger partial charge in [-0.3, -0.25) is 4.79 Å². The van der Waals surface area contributed by atoms with Crippen LogP contribution in [0.5, 0.6) is 0 Å². The number of ether oxygens (including phenoxy) is 1. The van der Waals surface area contributed by atoms with Gasteiger partial charge in [-0.25, -0.2) is 4.39 Å². The molecule has 4 aromatic carbocycles. The Kier molecular flexibility index (Phi) is 5.70. The normalized spacial score (nSPS) is 17.3. The monoisotopic (exact) mass is 493 g/mol. The van der Waals surface area contributed by atoms with Gasteiger partial charge in [0.15, 0.2) is 5.84 Å². The summed E-state index contributed by atoms with van der Waals surface area (Å²) in [5, 5.41) is 6.69. The van der Waals surface area contributed by atoms with Crippen LogP contribution < -0.4 is 11.1 Å². The van der Waals surface area contributed by atoms with Crippen LogP contribution >= 0.6 is 0 Å². The molecule has 2 aliphatic rings. The molecule has 2 aliphatic heterocycles. The molecule has 2 atom stereocenters. The van der Waals surface area contributed by atoms with Gasteiger partial charge in [0.2, 0.25) is 0 Å². The minimum absolute atomic E-state index is 0.171. The van der Waals surface area contributed by atoms with Crippen molar-refractivity contribution in [1.29, 1.82) is 0 Å². The molecule has 6 nitrogen and oxygen atoms in total. The van der Waals surface area contributed by atoms with Gasteiger partial charge in [-0.05, 0) is 57.6 Å². The molecule has 0 spiro atoms. The van der Waals surface area contributed by atoms with Crippen LogP contribution in [0.3, 0.4) is 0 Å². The molecule has 0 radical (unpaired) electrons. The van der Waals surface area contributed by atoms with E-state index < -0.39 is 0 Å². The average Bonchev–Trinajstić information content (AvgIpc) is 3.49. The van der Waals surface area contributed by atoms with E-state index in [4.69, 9.17) is 15.3 Å². The molecule has 3 N–H and O–H groups in total. The van der Waals surface area contributed by atoms with Crippen molar-refractivity contribution in [3.8, 4) is 11.1 Å². The zero-order valence-corrected chi connectivity index (χ0v) is 20.1. The number of amides is 1. The minimum Gasteiger partial charge on any atom is -0.397 e. The average molecular weight is 494 g/mol. The molecule has 2 heterocycles. The SMILES string of the molecule is CO/N=C(/N)c1ccc(CNC(=O)c2ccc3c(c2)[C@@H]2O[C@H]3c3ccc(-c4ccccc4F)cc32)cc1. The number of hydrogen-bond acceptors (Lipinski definition) is 4. The second-order valence-electron chi connectivity index (χ2n) is 9.10. The smallest absolute Gasteiger partial charge is 0.251 e. The van der Waals surface area contributed by atoms with Crippen molar-refractivity contribution >= 4 is 11.7 Å². The summed E-state index contributed by atoms with van der Waals surface area (Å²) in [5.74, 6) is -0.141. The van der Waals surface area contributed by atoms with Gasteiger partial charge in [0.25, 0.3) is 5.91 Å². The fourth-order valence-corrected chi connectivity index (χ4v) is 5.08. The number of carbonyl (C=O) groups excluding carboxylic acids is 1. The Bertz CT molecular complexity index is 1550. The summed E-state index contributed by atoms with van der Waals surface area (Å²) in [6, 6.07) is 25.8. The van der Waals surface area contributed by atoms with E-state index in [1.165, 1.54) is 13.2 Å². The summed E-state index contributed by atoms with van der Waals surface area (Å²) < 4.78 is 20.7. The molecule has 0 aliphatic carbocycles. The fraction of sp³-hybridized carbons (Fsp3) is 0.133. The van der Waals surface area contributed by atoms with Gasteiger partial charge in [-0.15, -0.1) is 0 Å². The molecule has 2 bridgehead atoms. The van der Waals surface area contributed by atoms with Crippen molar-refractivity contribution < 1.29 is 18.8 Å². The molecule has 0 fully saturated rings. The molecule has 4 aromatic rings. The number of oxime groups is 1. The van der Waals surface area contributed by atoms with Crippen molar-refractivity contribution in [2.75, 3.05) is 7.11 Å². The lowest BCUT2D eigenvalue weighted by molar-refractivity contribution is 0.0857. The molecule has 1 amide bonds. The van der Waals surface area contributed by atoms with Crippen LogP contribution in [0.1, 0.15) is 55.9 Å². The van der Waals surface area contributed by atoms with Crippen molar-refractivity contribution in [1.82, 2.24) is 5.32 Å². The van der Waals surface area contributed by atoms with Crippen molar-refractivity contribution in [2.24, 2.45) is 10.9 Å². The Labute approximate surface area is 213 Å². The van der Waals surface area contributed by atoms with Crippen LogP contribution in [0.25, 0.3) is 11.1 Å². The molecular weight excluding hydrogens is 469 g/mol. The molecule has 0 aromatic heterocycles. The highest BCUT2D eigenvalue weighted by molar-refractivity contribution is 5.97. The summed E-state index contributed by atoms with van der Waals surface area (Å²) >= 11 is 0. The summed E-state index contributed by atoms with van der Waals surface area (Å²) in [6.45, 7) is 0.370. The Morgan fingerprint density at radius 2 is 1.59 bits per heavy atom. The number of hydrogen-bond donors (Lipinski definition) is 2. The van der Waals surface area contributed by atoms with Gasteiger partial charge in [0, 0.05) is 23.2 Å². The van der Waals surface area contributed by atoms with Crippen molar-refractivity contribution in [3.05, 3.63) is 130 Å². The third-order valence-electron chi connectivity index (χ3n) is 6.92. The number of nitrogens with two attached hydrogens (primary N) is 1. The van der Waals surface area contributed by atoms with E-state index in [-0.39, 0.29) is 29.8 Å². The van der Waals surface area contributed by atoms with Crippen LogP contribution in [0.4, 0.5) is 4.39 Å². The molecule has 7 heteroatoms. The first-order chi connectivity index (χ1) is 18.0. The number of amidine groups is 1. The third-order valence-corrected chi connectivity index (χ3v) is 6.92. The number of nitrogens with zero attached hydrogens (tertiary/aromatic N) is 1. The summed E-state index contributed by atoms with van der Waals surface area (Å²) in [5.41, 5.74) is 13.6. The predicted octanol–water partition coefficient (Wildman–Crippen LogP) is 5.21. The second kappa shape index (κ2) is 9.19. The molecule has 37 heavy (non-hydrogen) atoms. The zero-order valence-electron chi connectivity index (χ0n) is 20.1. The topological polar surface area (TPSA) is 85.9 Å². The minimum atomic E-state index is -0.277. The van der Waals surface area contributed by atoms with Crippen LogP contribution in [0.2, 0.25) is 0 Å². The van der Waals surface area contributed by atoms with Gasteiger partial charge >= 0.3 is 0 Å². The van der Waals surface area contributed by atoms with E-state index in [0.717, 1.165) is 38.9 Å². The van der Waals surface area contributed by atoms with E-state index in [9.17, 15) is 9.18 Å². The van der Waals surface area contributed by atoms with Crippen LogP contribution in [-0.4, -0.2) is 18.9 Å². The first-order valence-electron chi connectivity index (χ1n) is 12.0. The lowest BCUT2D eigenvalue weighted by Crippen LogP contribution is -2.23. The Morgan fingerprint density at radius 3 is 2.35 bits per heavy atom. The van der Waals surface area contributed by atoms with E-state index in [1.807, 2.05) is 66.7 Å². The number of fused-ring (bicyclic) bond motifs is 8. The second-order valence-corrected chi connectivity index (χ2v) is 9.10. The molecule has 0 unspecified atom stereocenters. The highest BCUT2D eigenvalue weighted by Gasteiger charge is 2.43. The fourth-order valence-electron chi connectivity index (χ4n) is 5.08. The molecular formula is C30H24FN3O3. The maximum Gasteiger partial charge on any atom is 0.251 e. The maximum absolute atomic E-state index is 14.4. The number of carbonyl (C=O) groups is 1. The van der Waals surface area contributed by atoms with Crippen molar-refractivity contribution in [3.63, 3.8) is 0 Å². The van der Waals surface area contributed by atoms with Gasteiger partial charge in [-0.1, -0.05) is 65.8 Å². The van der Waals surface area contributed by atoms with Crippen molar-refractivity contribution in [2.45, 2.75) is 18.8 Å². The van der Waals surface area contributed by atoms with Crippen LogP contribution in [-0.2, 0) is 16.1 Å². The molecule has 0 saturated heterocycles. The Morgan fingerprint density at radius 1 is 0.919 bits per heavy atom. The Hall–Kier alpha value is -4.49. The van der Waals surface area contributed by atoms with Gasteiger partial charge < -0.3 is 20.6 Å². The molecule has 6 rings (SSSR count). The summed E-state index contributed by atoms with van der Waals surface area (Å²) in [7, 11) is 1.44. The number of benzene rings is 4. The van der Waals surface area contributed by atoms with E-state index >= 15 is 0 Å². The third kappa shape index (κ3) is 4.03. The highest BCUT2D eigenvalue weighted by atomic mass is 19.1. The highest BCUT2D eigenvalue weighted by Crippen LogP contribution is 2.54. The lowest BCUT2D eigenvalue weighted by Gasteiger charge is -2.18. The van der Waals surface area contributed by atoms with Crippen LogP contribution in [0, 0.1) is 5.82 Å². The van der Waals surface area contributed by atoms with E-state index in [1.54, 1.807) is 12.1 Å². The lowest BCUT2D eigenvalue weighted by atomic mass is 9.83. The van der Waals surface area contributed by atoms with E-state index in [0.29, 0.717) is 17.7 Å². The largest absolute Gasteiger partial charge is 0.397 e. The maximum atomic E-state index is 14.4. The van der Waals surface area contributed by atoms with Gasteiger partial charge in [0.05, 0.1) is 0 Å². The first-order valence-corrected chi connectivity index (χ1v) is 12.0. The Balaban J connectivity index is 1.20. The summed E-state index contributed by atoms with van der Waals surface area (Å²) in [6.07, 6.45) is -0.448. The standard InChI is InChI=1S/C30H24FN3O3/c1-36-34-29(32)18-8-6-17(7-9-18)16-33-30(35)20-11-13-23-25(15-20)28-24-14-19(10-12-22(24)27(23)37-28)21-4-2-3-5-26(21)31/h2-15,27-28H,16H2,1H3,(H2,32,34)(H,33,35)/t27-,28+/m0/s1. The van der Waals surface area contributed by atoms with Gasteiger partial charge in [-0.2, -0.15) is 0 Å². The van der Waals surface area contributed by atoms with Gasteiger partial charge in [0.1, 0.15) is 25.1 Å². The molecule has 0 saturated carbocycles. The molecule has 184 valence electrons. The summed E-state index contributed by atoms with van der Waals surface area (Å²) in [4.78, 5) is 17.7. The zero-order chi connectivity index (χ0) is 25.5. The van der Waals surface area contributed by atoms with E-state index in [2.05, 4.69) is 10.5 Å². The van der Waals surface area contributed by atoms with Crippen LogP contribution in [0.15, 0.2) is 90.1 Å². The number of rotatable bonds is 6.